The fourth-order valence-corrected chi connectivity index (χ4v) is 2.19. The van der Waals surface area contributed by atoms with Gasteiger partial charge in [-0.2, -0.15) is 0 Å². The van der Waals surface area contributed by atoms with Gasteiger partial charge in [-0.3, -0.25) is 0 Å². The minimum absolute atomic E-state index is 0.302. The molecule has 2 aromatic carbocycles. The number of nitrogens with one attached hydrogen (secondary N) is 1. The second-order valence-corrected chi connectivity index (χ2v) is 4.67. The van der Waals surface area contributed by atoms with Gasteiger partial charge in [0.25, 0.3) is 0 Å². The molecular formula is C16H16F3N. The minimum Gasteiger partial charge on any atom is -0.306 e. The molecule has 0 bridgehead atoms. The van der Waals surface area contributed by atoms with Crippen LogP contribution in [0.15, 0.2) is 36.4 Å². The van der Waals surface area contributed by atoms with Crippen molar-refractivity contribution in [2.24, 2.45) is 0 Å². The molecule has 0 aliphatic rings. The second-order valence-electron chi connectivity index (χ2n) is 4.67. The van der Waals surface area contributed by atoms with Gasteiger partial charge in [-0.25, -0.2) is 13.2 Å². The molecule has 1 unspecified atom stereocenters. The van der Waals surface area contributed by atoms with E-state index in [1.165, 1.54) is 18.2 Å². The summed E-state index contributed by atoms with van der Waals surface area (Å²) in [4.78, 5) is 0. The molecule has 0 fully saturated rings. The number of aryl methyl sites for hydroxylation is 1. The zero-order valence-corrected chi connectivity index (χ0v) is 11.4. The van der Waals surface area contributed by atoms with Crippen LogP contribution in [-0.4, -0.2) is 6.54 Å². The van der Waals surface area contributed by atoms with Crippen molar-refractivity contribution in [3.05, 3.63) is 70.5 Å². The molecule has 1 N–H and O–H groups in total. The Morgan fingerprint density at radius 1 is 1.00 bits per heavy atom. The number of rotatable bonds is 4. The van der Waals surface area contributed by atoms with Crippen LogP contribution in [0.3, 0.4) is 0 Å². The van der Waals surface area contributed by atoms with E-state index < -0.39 is 17.7 Å². The Morgan fingerprint density at radius 2 is 1.75 bits per heavy atom. The van der Waals surface area contributed by atoms with Gasteiger partial charge in [-0.05, 0) is 36.7 Å². The molecule has 0 aromatic heterocycles. The van der Waals surface area contributed by atoms with Crippen LogP contribution in [0.1, 0.15) is 29.7 Å². The maximum atomic E-state index is 13.9. The highest BCUT2D eigenvalue weighted by Gasteiger charge is 2.18. The van der Waals surface area contributed by atoms with Gasteiger partial charge < -0.3 is 5.32 Å². The first-order valence-electron chi connectivity index (χ1n) is 6.47. The first-order chi connectivity index (χ1) is 9.52. The van der Waals surface area contributed by atoms with E-state index in [0.29, 0.717) is 17.7 Å². The molecule has 0 aliphatic carbocycles. The quantitative estimate of drug-likeness (QED) is 0.888. The van der Waals surface area contributed by atoms with Crippen LogP contribution in [-0.2, 0) is 0 Å². The van der Waals surface area contributed by atoms with Crippen LogP contribution >= 0.6 is 0 Å². The second kappa shape index (κ2) is 6.09. The largest absolute Gasteiger partial charge is 0.306 e. The molecule has 0 amide bonds. The van der Waals surface area contributed by atoms with Crippen molar-refractivity contribution in [2.75, 3.05) is 6.54 Å². The highest BCUT2D eigenvalue weighted by Crippen LogP contribution is 2.26. The van der Waals surface area contributed by atoms with Crippen molar-refractivity contribution in [2.45, 2.75) is 19.9 Å². The Morgan fingerprint density at radius 3 is 2.35 bits per heavy atom. The lowest BCUT2D eigenvalue weighted by Gasteiger charge is -2.20. The van der Waals surface area contributed by atoms with Gasteiger partial charge in [0.15, 0.2) is 0 Å². The summed E-state index contributed by atoms with van der Waals surface area (Å²) in [5.74, 6) is -1.53. The van der Waals surface area contributed by atoms with Crippen molar-refractivity contribution in [3.8, 4) is 0 Å². The van der Waals surface area contributed by atoms with Gasteiger partial charge in [0.1, 0.15) is 17.5 Å². The zero-order valence-electron chi connectivity index (χ0n) is 11.4. The third kappa shape index (κ3) is 3.02. The lowest BCUT2D eigenvalue weighted by molar-refractivity contribution is 0.540. The lowest BCUT2D eigenvalue weighted by Crippen LogP contribution is -2.23. The summed E-state index contributed by atoms with van der Waals surface area (Å²) in [6.45, 7) is 4.16. The average Bonchev–Trinajstić information content (AvgIpc) is 2.40. The van der Waals surface area contributed by atoms with Crippen LogP contribution in [0.5, 0.6) is 0 Å². The van der Waals surface area contributed by atoms with Crippen LogP contribution < -0.4 is 5.32 Å². The molecule has 0 saturated heterocycles. The molecule has 0 radical (unpaired) electrons. The minimum atomic E-state index is -0.614. The molecule has 4 heteroatoms. The third-order valence-electron chi connectivity index (χ3n) is 3.20. The SMILES string of the molecule is CCNC(c1ccc(F)c(C)c1)c1ccc(F)cc1F. The van der Waals surface area contributed by atoms with Crippen molar-refractivity contribution in [1.29, 1.82) is 0 Å². The normalized spacial score (nSPS) is 12.4. The van der Waals surface area contributed by atoms with E-state index in [1.807, 2.05) is 6.92 Å². The van der Waals surface area contributed by atoms with Gasteiger partial charge in [0.05, 0.1) is 6.04 Å². The Bertz CT molecular complexity index is 611. The average molecular weight is 279 g/mol. The van der Waals surface area contributed by atoms with Crippen LogP contribution in [0.4, 0.5) is 13.2 Å². The van der Waals surface area contributed by atoms with Gasteiger partial charge in [-0.15, -0.1) is 0 Å². The first kappa shape index (κ1) is 14.6. The summed E-state index contributed by atoms with van der Waals surface area (Å²) < 4.78 is 40.3. The fourth-order valence-electron chi connectivity index (χ4n) is 2.19. The molecule has 0 saturated carbocycles. The Hall–Kier alpha value is -1.81. The summed E-state index contributed by atoms with van der Waals surface area (Å²) >= 11 is 0. The molecule has 0 spiro atoms. The predicted molar refractivity (Wildman–Crippen MR) is 73.0 cm³/mol. The molecule has 0 heterocycles. The third-order valence-corrected chi connectivity index (χ3v) is 3.20. The smallest absolute Gasteiger partial charge is 0.131 e. The van der Waals surface area contributed by atoms with E-state index in [-0.39, 0.29) is 5.82 Å². The van der Waals surface area contributed by atoms with Gasteiger partial charge >= 0.3 is 0 Å². The standard InChI is InChI=1S/C16H16F3N/c1-3-20-16(11-4-7-14(18)10(2)8-11)13-6-5-12(17)9-15(13)19/h4-9,16,20H,3H2,1-2H3. The molecule has 1 nitrogen and oxygen atoms in total. The van der Waals surface area contributed by atoms with Crippen molar-refractivity contribution >= 4 is 0 Å². The zero-order chi connectivity index (χ0) is 14.7. The Kier molecular flexibility index (Phi) is 4.45. The molecule has 106 valence electrons. The van der Waals surface area contributed by atoms with E-state index in [9.17, 15) is 13.2 Å². The number of benzene rings is 2. The van der Waals surface area contributed by atoms with Gasteiger partial charge in [0, 0.05) is 11.6 Å². The Labute approximate surface area is 116 Å². The highest BCUT2D eigenvalue weighted by molar-refractivity contribution is 5.35. The van der Waals surface area contributed by atoms with E-state index in [2.05, 4.69) is 5.32 Å². The molecule has 2 aromatic rings. The van der Waals surface area contributed by atoms with Crippen molar-refractivity contribution in [1.82, 2.24) is 5.32 Å². The first-order valence-corrected chi connectivity index (χ1v) is 6.47. The molecule has 2 rings (SSSR count). The molecule has 20 heavy (non-hydrogen) atoms. The summed E-state index contributed by atoms with van der Waals surface area (Å²) in [6, 6.07) is 7.70. The number of hydrogen-bond acceptors (Lipinski definition) is 1. The van der Waals surface area contributed by atoms with E-state index in [0.717, 1.165) is 11.6 Å². The lowest BCUT2D eigenvalue weighted by atomic mass is 9.96. The number of halogens is 3. The summed E-state index contributed by atoms with van der Waals surface area (Å²) in [6.07, 6.45) is 0. The van der Waals surface area contributed by atoms with Crippen molar-refractivity contribution in [3.63, 3.8) is 0 Å². The monoisotopic (exact) mass is 279 g/mol. The van der Waals surface area contributed by atoms with E-state index >= 15 is 0 Å². The van der Waals surface area contributed by atoms with Crippen LogP contribution in [0.25, 0.3) is 0 Å². The van der Waals surface area contributed by atoms with E-state index in [1.54, 1.807) is 19.1 Å². The fraction of sp³-hybridized carbons (Fsp3) is 0.250. The summed E-state index contributed by atoms with van der Waals surface area (Å²) in [7, 11) is 0. The Balaban J connectivity index is 2.47. The summed E-state index contributed by atoms with van der Waals surface area (Å²) in [5.41, 5.74) is 1.59. The van der Waals surface area contributed by atoms with Crippen molar-refractivity contribution < 1.29 is 13.2 Å². The highest BCUT2D eigenvalue weighted by atomic mass is 19.1. The maximum Gasteiger partial charge on any atom is 0.131 e. The van der Waals surface area contributed by atoms with E-state index in [4.69, 9.17) is 0 Å². The topological polar surface area (TPSA) is 12.0 Å². The number of hydrogen-bond donors (Lipinski definition) is 1. The summed E-state index contributed by atoms with van der Waals surface area (Å²) in [5, 5.41) is 3.14. The van der Waals surface area contributed by atoms with Crippen LogP contribution in [0, 0.1) is 24.4 Å². The maximum absolute atomic E-state index is 13.9. The molecule has 1 atom stereocenters. The van der Waals surface area contributed by atoms with Gasteiger partial charge in [-0.1, -0.05) is 25.1 Å². The van der Waals surface area contributed by atoms with Crippen LogP contribution in [0.2, 0.25) is 0 Å². The molecule has 0 aliphatic heterocycles. The molecular weight excluding hydrogens is 263 g/mol. The van der Waals surface area contributed by atoms with Gasteiger partial charge in [0.2, 0.25) is 0 Å². The predicted octanol–water partition coefficient (Wildman–Crippen LogP) is 4.11.